The highest BCUT2D eigenvalue weighted by atomic mass is 16.1. The number of piperazine rings is 1. The zero-order valence-corrected chi connectivity index (χ0v) is 14.6. The van der Waals surface area contributed by atoms with Gasteiger partial charge in [0.2, 0.25) is 5.91 Å². The third-order valence-corrected chi connectivity index (χ3v) is 5.48. The topological polar surface area (TPSA) is 59.6 Å². The SMILES string of the molecule is C=C1NC(=O)CCC1Nc1ccc(N2CC(N3CCNCC3)C2)cc1. The molecule has 3 saturated heterocycles. The molecule has 0 aliphatic carbocycles. The Labute approximate surface area is 149 Å². The van der Waals surface area contributed by atoms with E-state index in [1.165, 1.54) is 18.8 Å². The van der Waals surface area contributed by atoms with Gasteiger partial charge in [-0.15, -0.1) is 0 Å². The Bertz CT molecular complexity index is 632. The van der Waals surface area contributed by atoms with Crippen molar-refractivity contribution in [1.82, 2.24) is 15.5 Å². The fourth-order valence-electron chi connectivity index (χ4n) is 3.85. The minimum Gasteiger partial charge on any atom is -0.377 e. The largest absolute Gasteiger partial charge is 0.377 e. The number of carbonyl (C=O) groups is 1. The predicted molar refractivity (Wildman–Crippen MR) is 101 cm³/mol. The molecule has 0 spiro atoms. The number of nitrogens with one attached hydrogen (secondary N) is 3. The van der Waals surface area contributed by atoms with Crippen LogP contribution in [0.15, 0.2) is 36.5 Å². The number of hydrogen-bond acceptors (Lipinski definition) is 5. The molecule has 6 heteroatoms. The number of piperidine rings is 1. The molecule has 0 saturated carbocycles. The maximum absolute atomic E-state index is 11.4. The lowest BCUT2D eigenvalue weighted by atomic mass is 10.0. The van der Waals surface area contributed by atoms with Gasteiger partial charge in [0.15, 0.2) is 0 Å². The second-order valence-corrected chi connectivity index (χ2v) is 7.20. The van der Waals surface area contributed by atoms with E-state index in [0.29, 0.717) is 12.5 Å². The molecule has 1 atom stereocenters. The van der Waals surface area contributed by atoms with Gasteiger partial charge in [-0.3, -0.25) is 9.69 Å². The molecular weight excluding hydrogens is 314 g/mol. The molecule has 0 radical (unpaired) electrons. The molecule has 134 valence electrons. The molecule has 1 amide bonds. The highest BCUT2D eigenvalue weighted by molar-refractivity contribution is 5.79. The first-order valence-electron chi connectivity index (χ1n) is 9.24. The van der Waals surface area contributed by atoms with Crippen LogP contribution in [0.1, 0.15) is 12.8 Å². The molecule has 1 aromatic rings. The average molecular weight is 341 g/mol. The standard InChI is InChI=1S/C19H27N5O/c1-14-18(6-7-19(25)21-14)22-15-2-4-16(5-3-15)24-12-17(13-24)23-10-8-20-9-11-23/h2-5,17-18,20,22H,1,6-13H2,(H,21,25). The zero-order valence-electron chi connectivity index (χ0n) is 14.6. The summed E-state index contributed by atoms with van der Waals surface area (Å²) in [6, 6.07) is 9.42. The summed E-state index contributed by atoms with van der Waals surface area (Å²) in [5, 5.41) is 9.70. The lowest BCUT2D eigenvalue weighted by molar-refractivity contribution is -0.121. The first-order chi connectivity index (χ1) is 12.2. The van der Waals surface area contributed by atoms with Crippen LogP contribution in [-0.4, -0.2) is 62.2 Å². The molecule has 6 nitrogen and oxygen atoms in total. The summed E-state index contributed by atoms with van der Waals surface area (Å²) in [6.45, 7) is 10.8. The molecule has 1 unspecified atom stereocenters. The monoisotopic (exact) mass is 341 g/mol. The van der Waals surface area contributed by atoms with Crippen molar-refractivity contribution >= 4 is 17.3 Å². The van der Waals surface area contributed by atoms with Gasteiger partial charge < -0.3 is 20.9 Å². The van der Waals surface area contributed by atoms with Crippen molar-refractivity contribution < 1.29 is 4.79 Å². The van der Waals surface area contributed by atoms with Gasteiger partial charge in [0.05, 0.1) is 6.04 Å². The van der Waals surface area contributed by atoms with E-state index in [1.807, 2.05) is 0 Å². The van der Waals surface area contributed by atoms with Gasteiger partial charge in [-0.2, -0.15) is 0 Å². The Hall–Kier alpha value is -2.05. The zero-order chi connectivity index (χ0) is 17.2. The van der Waals surface area contributed by atoms with Gasteiger partial charge >= 0.3 is 0 Å². The van der Waals surface area contributed by atoms with E-state index in [-0.39, 0.29) is 11.9 Å². The minimum atomic E-state index is 0.0650. The molecule has 0 bridgehead atoms. The summed E-state index contributed by atoms with van der Waals surface area (Å²) in [7, 11) is 0. The van der Waals surface area contributed by atoms with Gasteiger partial charge in [0.25, 0.3) is 0 Å². The van der Waals surface area contributed by atoms with Crippen LogP contribution in [0.2, 0.25) is 0 Å². The molecule has 3 aliphatic heterocycles. The summed E-state index contributed by atoms with van der Waals surface area (Å²) in [4.78, 5) is 16.4. The number of amides is 1. The smallest absolute Gasteiger partial charge is 0.224 e. The number of hydrogen-bond donors (Lipinski definition) is 3. The van der Waals surface area contributed by atoms with E-state index in [9.17, 15) is 4.79 Å². The second kappa shape index (κ2) is 7.06. The summed E-state index contributed by atoms with van der Waals surface area (Å²) in [5.41, 5.74) is 3.12. The van der Waals surface area contributed by atoms with E-state index in [2.05, 4.69) is 56.6 Å². The molecular formula is C19H27N5O. The number of nitrogens with zero attached hydrogens (tertiary/aromatic N) is 2. The van der Waals surface area contributed by atoms with Crippen molar-refractivity contribution in [3.63, 3.8) is 0 Å². The van der Waals surface area contributed by atoms with Gasteiger partial charge in [-0.25, -0.2) is 0 Å². The van der Waals surface area contributed by atoms with Gasteiger partial charge in [-0.1, -0.05) is 6.58 Å². The molecule has 3 heterocycles. The average Bonchev–Trinajstić information content (AvgIpc) is 2.58. The van der Waals surface area contributed by atoms with E-state index in [0.717, 1.165) is 44.0 Å². The molecule has 0 aromatic heterocycles. The van der Waals surface area contributed by atoms with Gasteiger partial charge in [0, 0.05) is 68.8 Å². The fourth-order valence-corrected chi connectivity index (χ4v) is 3.85. The Morgan fingerprint density at radius 2 is 1.84 bits per heavy atom. The quantitative estimate of drug-likeness (QED) is 0.762. The highest BCUT2D eigenvalue weighted by Gasteiger charge is 2.32. The first-order valence-corrected chi connectivity index (χ1v) is 9.24. The third kappa shape index (κ3) is 3.65. The Morgan fingerprint density at radius 3 is 2.52 bits per heavy atom. The number of anilines is 2. The molecule has 3 aliphatic rings. The highest BCUT2D eigenvalue weighted by Crippen LogP contribution is 2.26. The summed E-state index contributed by atoms with van der Waals surface area (Å²) < 4.78 is 0. The first kappa shape index (κ1) is 16.4. The number of carbonyl (C=O) groups excluding carboxylic acids is 1. The summed E-state index contributed by atoms with van der Waals surface area (Å²) in [6.07, 6.45) is 1.35. The van der Waals surface area contributed by atoms with Crippen LogP contribution in [0.4, 0.5) is 11.4 Å². The normalized spacial score (nSPS) is 25.4. The maximum atomic E-state index is 11.4. The maximum Gasteiger partial charge on any atom is 0.224 e. The van der Waals surface area contributed by atoms with Crippen molar-refractivity contribution in [3.05, 3.63) is 36.5 Å². The van der Waals surface area contributed by atoms with Crippen LogP contribution in [0.3, 0.4) is 0 Å². The van der Waals surface area contributed by atoms with Crippen molar-refractivity contribution in [1.29, 1.82) is 0 Å². The Kier molecular flexibility index (Phi) is 4.63. The van der Waals surface area contributed by atoms with Crippen molar-refractivity contribution in [2.45, 2.75) is 24.9 Å². The van der Waals surface area contributed by atoms with E-state index in [1.54, 1.807) is 0 Å². The molecule has 3 fully saturated rings. The fraction of sp³-hybridized carbons (Fsp3) is 0.526. The molecule has 3 N–H and O–H groups in total. The molecule has 1 aromatic carbocycles. The van der Waals surface area contributed by atoms with Crippen molar-refractivity contribution in [2.24, 2.45) is 0 Å². The molecule has 25 heavy (non-hydrogen) atoms. The summed E-state index contributed by atoms with van der Waals surface area (Å²) in [5.74, 6) is 0.0650. The van der Waals surface area contributed by atoms with Crippen LogP contribution in [-0.2, 0) is 4.79 Å². The van der Waals surface area contributed by atoms with Crippen molar-refractivity contribution in [2.75, 3.05) is 49.5 Å². The van der Waals surface area contributed by atoms with E-state index < -0.39 is 0 Å². The van der Waals surface area contributed by atoms with E-state index in [4.69, 9.17) is 0 Å². The van der Waals surface area contributed by atoms with Crippen LogP contribution >= 0.6 is 0 Å². The van der Waals surface area contributed by atoms with Crippen LogP contribution in [0, 0.1) is 0 Å². The summed E-state index contributed by atoms with van der Waals surface area (Å²) >= 11 is 0. The lowest BCUT2D eigenvalue weighted by Crippen LogP contribution is -2.62. The minimum absolute atomic E-state index is 0.0650. The lowest BCUT2D eigenvalue weighted by Gasteiger charge is -2.48. The van der Waals surface area contributed by atoms with Crippen molar-refractivity contribution in [3.8, 4) is 0 Å². The van der Waals surface area contributed by atoms with E-state index >= 15 is 0 Å². The van der Waals surface area contributed by atoms with Crippen LogP contribution in [0.5, 0.6) is 0 Å². The van der Waals surface area contributed by atoms with Gasteiger partial charge in [0.1, 0.15) is 0 Å². The second-order valence-electron chi connectivity index (χ2n) is 7.20. The predicted octanol–water partition coefficient (Wildman–Crippen LogP) is 0.985. The number of benzene rings is 1. The third-order valence-electron chi connectivity index (χ3n) is 5.48. The van der Waals surface area contributed by atoms with Gasteiger partial charge in [-0.05, 0) is 30.7 Å². The molecule has 4 rings (SSSR count). The number of rotatable bonds is 4. The Morgan fingerprint density at radius 1 is 1.12 bits per heavy atom. The van der Waals surface area contributed by atoms with Crippen LogP contribution < -0.4 is 20.9 Å². The Balaban J connectivity index is 1.29. The van der Waals surface area contributed by atoms with Crippen LogP contribution in [0.25, 0.3) is 0 Å².